The average Bonchev–Trinajstić information content (AvgIpc) is 3.41. The van der Waals surface area contributed by atoms with Crippen molar-refractivity contribution in [3.8, 4) is 0 Å². The number of carbonyl (C=O) groups excluding carboxylic acids is 2. The van der Waals surface area contributed by atoms with Crippen LogP contribution in [0.25, 0.3) is 0 Å². The zero-order valence-electron chi connectivity index (χ0n) is 21.6. The number of ether oxygens (including phenoxy) is 2. The first-order valence-corrected chi connectivity index (χ1v) is 13.8. The van der Waals surface area contributed by atoms with Crippen molar-refractivity contribution < 1.29 is 29.3 Å². The normalized spacial score (nSPS) is 55.2. The van der Waals surface area contributed by atoms with Crippen molar-refractivity contribution >= 4 is 11.9 Å². The Morgan fingerprint density at radius 2 is 1.72 bits per heavy atom. The van der Waals surface area contributed by atoms with E-state index in [2.05, 4.69) is 33.9 Å². The summed E-state index contributed by atoms with van der Waals surface area (Å²) in [5, 5.41) is 21.6. The molecular formula is C30H38O6. The van der Waals surface area contributed by atoms with Gasteiger partial charge in [-0.3, -0.25) is 4.79 Å². The fourth-order valence-electron chi connectivity index (χ4n) is 10.4. The van der Waals surface area contributed by atoms with Gasteiger partial charge >= 0.3 is 11.9 Å². The van der Waals surface area contributed by atoms with Gasteiger partial charge in [-0.1, -0.05) is 45.1 Å². The first-order chi connectivity index (χ1) is 16.9. The minimum atomic E-state index is -0.701. The molecule has 194 valence electrons. The lowest BCUT2D eigenvalue weighted by Crippen LogP contribution is -2.56. The molecule has 2 saturated heterocycles. The monoisotopic (exact) mass is 494 g/mol. The predicted molar refractivity (Wildman–Crippen MR) is 131 cm³/mol. The molecule has 3 saturated carbocycles. The molecule has 0 amide bonds. The number of allylic oxidation sites excluding steroid dienone is 2. The van der Waals surface area contributed by atoms with Crippen molar-refractivity contribution in [3.05, 3.63) is 35.5 Å². The lowest BCUT2D eigenvalue weighted by atomic mass is 9.49. The maximum absolute atomic E-state index is 13.9. The SMILES string of the molecule is C=C1C(=O)O[C@H]2C[C@H](C)C3=C(C[C@H]12)[C@]1(C)C[C@@H]3[C@@]2(C1)C(=O)O[C@@H]1C[C@@]3(C)[C@@H](O)C[C@@H](O)C(=C)[C@@H]3C[C@@H]12. The van der Waals surface area contributed by atoms with E-state index in [4.69, 9.17) is 9.47 Å². The summed E-state index contributed by atoms with van der Waals surface area (Å²) in [5.74, 6) is 0.106. The maximum Gasteiger partial charge on any atom is 0.334 e. The molecule has 0 aromatic heterocycles. The van der Waals surface area contributed by atoms with Gasteiger partial charge in [-0.15, -0.1) is 0 Å². The minimum absolute atomic E-state index is 0.0297. The largest absolute Gasteiger partial charge is 0.462 e. The van der Waals surface area contributed by atoms with Crippen LogP contribution in [-0.2, 0) is 19.1 Å². The summed E-state index contributed by atoms with van der Waals surface area (Å²) >= 11 is 0. The fraction of sp³-hybridized carbons (Fsp3) is 0.733. The van der Waals surface area contributed by atoms with Crippen molar-refractivity contribution in [2.45, 2.75) is 90.1 Å². The topological polar surface area (TPSA) is 93.1 Å². The van der Waals surface area contributed by atoms with E-state index < -0.39 is 23.0 Å². The van der Waals surface area contributed by atoms with Gasteiger partial charge in [0.25, 0.3) is 0 Å². The van der Waals surface area contributed by atoms with E-state index in [1.165, 1.54) is 11.1 Å². The van der Waals surface area contributed by atoms with Crippen LogP contribution in [0.2, 0.25) is 0 Å². The Hall–Kier alpha value is -1.92. The molecule has 6 heteroatoms. The highest BCUT2D eigenvalue weighted by atomic mass is 16.6. The molecule has 2 aliphatic heterocycles. The lowest BCUT2D eigenvalue weighted by molar-refractivity contribution is -0.152. The number of hydrogen-bond donors (Lipinski definition) is 2. The molecule has 7 rings (SSSR count). The Morgan fingerprint density at radius 3 is 2.47 bits per heavy atom. The molecular weight excluding hydrogens is 456 g/mol. The van der Waals surface area contributed by atoms with Crippen LogP contribution in [0.3, 0.4) is 0 Å². The zero-order chi connectivity index (χ0) is 25.5. The Morgan fingerprint density at radius 1 is 0.972 bits per heavy atom. The highest BCUT2D eigenvalue weighted by Crippen LogP contribution is 2.75. The van der Waals surface area contributed by atoms with Gasteiger partial charge < -0.3 is 19.7 Å². The molecule has 0 radical (unpaired) electrons. The number of aliphatic hydroxyl groups is 2. The van der Waals surface area contributed by atoms with E-state index in [9.17, 15) is 19.8 Å². The second-order valence-electron chi connectivity index (χ2n) is 13.8. The van der Waals surface area contributed by atoms with Crippen LogP contribution in [0, 0.1) is 45.8 Å². The second kappa shape index (κ2) is 6.93. The summed E-state index contributed by atoms with van der Waals surface area (Å²) in [7, 11) is 0. The van der Waals surface area contributed by atoms with Gasteiger partial charge in [0.1, 0.15) is 12.2 Å². The number of fused-ring (bicyclic) bond motifs is 9. The number of esters is 2. The maximum atomic E-state index is 13.9. The second-order valence-corrected chi connectivity index (χ2v) is 13.8. The van der Waals surface area contributed by atoms with Gasteiger partial charge in [0, 0.05) is 29.2 Å². The van der Waals surface area contributed by atoms with Crippen LogP contribution in [0.4, 0.5) is 0 Å². The van der Waals surface area contributed by atoms with E-state index in [-0.39, 0.29) is 59.2 Å². The Bertz CT molecular complexity index is 1150. The highest BCUT2D eigenvalue weighted by Gasteiger charge is 2.74. The molecule has 36 heavy (non-hydrogen) atoms. The summed E-state index contributed by atoms with van der Waals surface area (Å²) in [6.45, 7) is 14.9. The lowest BCUT2D eigenvalue weighted by Gasteiger charge is -2.55. The summed E-state index contributed by atoms with van der Waals surface area (Å²) in [6, 6.07) is 0. The van der Waals surface area contributed by atoms with Crippen LogP contribution in [0.15, 0.2) is 35.5 Å². The standard InChI is InChI=1S/C30H38O6/c1-13-6-22-16(14(2)26(33)35-22)7-19-25(13)20-10-28(19,4)12-30(20)18-8-17-15(3)21(31)9-24(32)29(17,5)11-23(18)36-27(30)34/h13,16-18,20-24,31-32H,2-3,6-12H2,1,4-5H3/t13-,16+,17-,18-,20-,21+,22-,23+,24-,28+,29+,30-/m0/s1. The fourth-order valence-corrected chi connectivity index (χ4v) is 10.4. The number of carbonyl (C=O) groups is 2. The van der Waals surface area contributed by atoms with Crippen molar-refractivity contribution in [1.82, 2.24) is 0 Å². The summed E-state index contributed by atoms with van der Waals surface area (Å²) < 4.78 is 12.0. The molecule has 0 unspecified atom stereocenters. The van der Waals surface area contributed by atoms with Gasteiger partial charge in [0.2, 0.25) is 0 Å². The van der Waals surface area contributed by atoms with E-state index in [1.807, 2.05) is 0 Å². The third-order valence-electron chi connectivity index (χ3n) is 12.1. The van der Waals surface area contributed by atoms with Crippen LogP contribution in [0.5, 0.6) is 0 Å². The predicted octanol–water partition coefficient (Wildman–Crippen LogP) is 3.87. The van der Waals surface area contributed by atoms with Gasteiger partial charge in [-0.2, -0.15) is 0 Å². The minimum Gasteiger partial charge on any atom is -0.462 e. The molecule has 5 aliphatic carbocycles. The number of rotatable bonds is 0. The molecule has 0 aromatic carbocycles. The Labute approximate surface area is 212 Å². The quantitative estimate of drug-likeness (QED) is 0.302. The van der Waals surface area contributed by atoms with Crippen molar-refractivity contribution in [2.75, 3.05) is 0 Å². The molecule has 2 bridgehead atoms. The van der Waals surface area contributed by atoms with Crippen LogP contribution >= 0.6 is 0 Å². The Balaban J connectivity index is 1.29. The molecule has 5 fully saturated rings. The van der Waals surface area contributed by atoms with E-state index in [0.717, 1.165) is 37.7 Å². The third kappa shape index (κ3) is 2.56. The highest BCUT2D eigenvalue weighted by molar-refractivity contribution is 5.91. The van der Waals surface area contributed by atoms with Gasteiger partial charge in [-0.05, 0) is 67.3 Å². The van der Waals surface area contributed by atoms with Crippen molar-refractivity contribution in [3.63, 3.8) is 0 Å². The third-order valence-corrected chi connectivity index (χ3v) is 12.1. The molecule has 12 atom stereocenters. The first-order valence-electron chi connectivity index (χ1n) is 13.8. The van der Waals surface area contributed by atoms with E-state index in [1.54, 1.807) is 0 Å². The van der Waals surface area contributed by atoms with E-state index in [0.29, 0.717) is 18.4 Å². The molecule has 6 nitrogen and oxygen atoms in total. The summed E-state index contributed by atoms with van der Waals surface area (Å²) in [4.78, 5) is 26.2. The van der Waals surface area contributed by atoms with Crippen molar-refractivity contribution in [2.24, 2.45) is 45.8 Å². The average molecular weight is 495 g/mol. The molecule has 1 spiro atoms. The number of aliphatic hydroxyl groups excluding tert-OH is 2. The van der Waals surface area contributed by atoms with E-state index >= 15 is 0 Å². The van der Waals surface area contributed by atoms with Gasteiger partial charge in [-0.25, -0.2) is 4.79 Å². The van der Waals surface area contributed by atoms with Crippen LogP contribution in [0.1, 0.15) is 65.7 Å². The molecule has 2 heterocycles. The molecule has 0 aromatic rings. The zero-order valence-corrected chi connectivity index (χ0v) is 21.6. The van der Waals surface area contributed by atoms with Crippen LogP contribution < -0.4 is 0 Å². The van der Waals surface area contributed by atoms with Gasteiger partial charge in [0.05, 0.1) is 17.6 Å². The van der Waals surface area contributed by atoms with Crippen molar-refractivity contribution in [1.29, 1.82) is 0 Å². The Kier molecular flexibility index (Phi) is 4.47. The molecule has 2 N–H and O–H groups in total. The van der Waals surface area contributed by atoms with Gasteiger partial charge in [0.15, 0.2) is 0 Å². The first kappa shape index (κ1) is 23.2. The molecule has 7 aliphatic rings. The van der Waals surface area contributed by atoms with Crippen LogP contribution in [-0.4, -0.2) is 46.6 Å². The summed E-state index contributed by atoms with van der Waals surface area (Å²) in [6.07, 6.45) is 3.28. The number of hydrogen-bond acceptors (Lipinski definition) is 6. The smallest absolute Gasteiger partial charge is 0.334 e. The summed E-state index contributed by atoms with van der Waals surface area (Å²) in [5.41, 5.74) is 3.15.